The lowest BCUT2D eigenvalue weighted by molar-refractivity contribution is -0.132. The maximum atomic E-state index is 12.2. The van der Waals surface area contributed by atoms with Crippen molar-refractivity contribution in [3.63, 3.8) is 0 Å². The summed E-state index contributed by atoms with van der Waals surface area (Å²) in [4.78, 5) is 14.2. The first-order valence-electron chi connectivity index (χ1n) is 8.02. The van der Waals surface area contributed by atoms with Gasteiger partial charge in [-0.1, -0.05) is 52.7 Å². The number of hydrogen-bond donors (Lipinski definition) is 0. The monoisotopic (exact) mass is 362 g/mol. The van der Waals surface area contributed by atoms with Crippen LogP contribution in [0.2, 0.25) is 0 Å². The van der Waals surface area contributed by atoms with Crippen molar-refractivity contribution in [2.24, 2.45) is 0 Å². The van der Waals surface area contributed by atoms with Crippen molar-refractivity contribution in [2.45, 2.75) is 43.9 Å². The lowest BCUT2D eigenvalue weighted by atomic mass is 9.74. The van der Waals surface area contributed by atoms with Crippen LogP contribution in [0.4, 0.5) is 0 Å². The molecule has 1 aliphatic heterocycles. The van der Waals surface area contributed by atoms with E-state index in [0.29, 0.717) is 19.5 Å². The van der Waals surface area contributed by atoms with Crippen LogP contribution in [0.25, 0.3) is 0 Å². The number of piperidine rings is 1. The number of carbonyl (C=O) groups is 1. The predicted molar refractivity (Wildman–Crippen MR) is 91.8 cm³/mol. The van der Waals surface area contributed by atoms with Gasteiger partial charge in [0.2, 0.25) is 5.91 Å². The molecule has 1 aromatic rings. The summed E-state index contributed by atoms with van der Waals surface area (Å²) in [6, 6.07) is 12.5. The minimum atomic E-state index is -0.423. The number of likely N-dealkylation sites (tertiary alicyclic amines) is 1. The highest BCUT2D eigenvalue weighted by molar-refractivity contribution is 9.09. The van der Waals surface area contributed by atoms with Crippen LogP contribution in [0, 0.1) is 11.3 Å². The second kappa shape index (κ2) is 8.33. The predicted octanol–water partition coefficient (Wildman–Crippen LogP) is 4.03. The number of hydrogen-bond acceptors (Lipinski definition) is 2. The largest absolute Gasteiger partial charge is 0.343 e. The molecule has 0 aromatic heterocycles. The molecule has 3 nitrogen and oxygen atoms in total. The first-order chi connectivity index (χ1) is 10.7. The molecule has 0 radical (unpaired) electrons. The van der Waals surface area contributed by atoms with Crippen molar-refractivity contribution in [3.8, 4) is 6.07 Å². The normalized spacial score (nSPS) is 17.0. The third kappa shape index (κ3) is 4.10. The second-order valence-electron chi connectivity index (χ2n) is 5.94. The van der Waals surface area contributed by atoms with Crippen molar-refractivity contribution in [1.29, 1.82) is 5.26 Å². The molecule has 0 spiro atoms. The SMILES string of the molecule is N#CC1(c2ccccc2)CCN(C(=O)CCCCCBr)CC1. The van der Waals surface area contributed by atoms with Gasteiger partial charge in [-0.05, 0) is 31.2 Å². The Bertz CT molecular complexity index is 516. The number of unbranched alkanes of at least 4 members (excludes halogenated alkanes) is 2. The molecule has 1 aromatic carbocycles. The summed E-state index contributed by atoms with van der Waals surface area (Å²) in [5, 5.41) is 10.7. The van der Waals surface area contributed by atoms with Gasteiger partial charge in [0.05, 0.1) is 11.5 Å². The van der Waals surface area contributed by atoms with E-state index in [-0.39, 0.29) is 5.91 Å². The molecule has 118 valence electrons. The number of carbonyl (C=O) groups excluding carboxylic acids is 1. The highest BCUT2D eigenvalue weighted by Gasteiger charge is 2.37. The number of halogens is 1. The van der Waals surface area contributed by atoms with Crippen molar-refractivity contribution in [2.75, 3.05) is 18.4 Å². The summed E-state index contributed by atoms with van der Waals surface area (Å²) < 4.78 is 0. The Morgan fingerprint density at radius 3 is 2.45 bits per heavy atom. The van der Waals surface area contributed by atoms with Crippen LogP contribution < -0.4 is 0 Å². The Hall–Kier alpha value is -1.34. The number of benzene rings is 1. The minimum Gasteiger partial charge on any atom is -0.343 e. The van der Waals surface area contributed by atoms with E-state index in [2.05, 4.69) is 22.0 Å². The molecule has 22 heavy (non-hydrogen) atoms. The Balaban J connectivity index is 1.89. The molecule has 2 rings (SSSR count). The maximum Gasteiger partial charge on any atom is 0.222 e. The van der Waals surface area contributed by atoms with E-state index in [1.807, 2.05) is 35.2 Å². The Labute approximate surface area is 141 Å². The van der Waals surface area contributed by atoms with E-state index in [4.69, 9.17) is 0 Å². The molecular weight excluding hydrogens is 340 g/mol. The zero-order valence-electron chi connectivity index (χ0n) is 12.9. The molecule has 4 heteroatoms. The number of rotatable bonds is 6. The average molecular weight is 363 g/mol. The van der Waals surface area contributed by atoms with Gasteiger partial charge >= 0.3 is 0 Å². The summed E-state index contributed by atoms with van der Waals surface area (Å²) in [6.07, 6.45) is 5.29. The number of alkyl halides is 1. The molecule has 1 fully saturated rings. The first-order valence-corrected chi connectivity index (χ1v) is 9.14. The highest BCUT2D eigenvalue weighted by atomic mass is 79.9. The minimum absolute atomic E-state index is 0.245. The molecule has 0 N–H and O–H groups in total. The zero-order valence-corrected chi connectivity index (χ0v) is 14.5. The molecule has 1 aliphatic rings. The zero-order chi connectivity index (χ0) is 15.8. The average Bonchev–Trinajstić information content (AvgIpc) is 2.59. The summed E-state index contributed by atoms with van der Waals surface area (Å²) >= 11 is 3.41. The van der Waals surface area contributed by atoms with Crippen LogP contribution >= 0.6 is 15.9 Å². The molecule has 1 heterocycles. The van der Waals surface area contributed by atoms with Crippen molar-refractivity contribution < 1.29 is 4.79 Å². The standard InChI is InChI=1S/C18H23BrN2O/c19-12-6-2-5-9-17(22)21-13-10-18(15-20,11-14-21)16-7-3-1-4-8-16/h1,3-4,7-8H,2,5-6,9-14H2. The van der Waals surface area contributed by atoms with Crippen LogP contribution in [0.5, 0.6) is 0 Å². The van der Waals surface area contributed by atoms with E-state index in [9.17, 15) is 10.1 Å². The molecular formula is C18H23BrN2O. The fourth-order valence-electron chi connectivity index (χ4n) is 3.07. The van der Waals surface area contributed by atoms with E-state index in [1.54, 1.807) is 0 Å². The van der Waals surface area contributed by atoms with Gasteiger partial charge in [-0.15, -0.1) is 0 Å². The third-order valence-electron chi connectivity index (χ3n) is 4.53. The molecule has 0 unspecified atom stereocenters. The molecule has 0 aliphatic carbocycles. The van der Waals surface area contributed by atoms with Gasteiger partial charge < -0.3 is 4.90 Å². The fraction of sp³-hybridized carbons (Fsp3) is 0.556. The molecule has 0 atom stereocenters. The highest BCUT2D eigenvalue weighted by Crippen LogP contribution is 2.35. The van der Waals surface area contributed by atoms with Crippen LogP contribution in [0.3, 0.4) is 0 Å². The molecule has 0 bridgehead atoms. The second-order valence-corrected chi connectivity index (χ2v) is 6.73. The van der Waals surface area contributed by atoms with Crippen molar-refractivity contribution in [3.05, 3.63) is 35.9 Å². The Morgan fingerprint density at radius 1 is 1.18 bits per heavy atom. The Kier molecular flexibility index (Phi) is 6.45. The van der Waals surface area contributed by atoms with E-state index in [0.717, 1.165) is 43.0 Å². The van der Waals surface area contributed by atoms with E-state index < -0.39 is 5.41 Å². The van der Waals surface area contributed by atoms with Crippen LogP contribution in [0.15, 0.2) is 30.3 Å². The fourth-order valence-corrected chi connectivity index (χ4v) is 3.46. The lowest BCUT2D eigenvalue weighted by Gasteiger charge is -2.37. The summed E-state index contributed by atoms with van der Waals surface area (Å²) in [7, 11) is 0. The topological polar surface area (TPSA) is 44.1 Å². The van der Waals surface area contributed by atoms with E-state index in [1.165, 1.54) is 0 Å². The van der Waals surface area contributed by atoms with Gasteiger partial charge in [0.1, 0.15) is 0 Å². The summed E-state index contributed by atoms with van der Waals surface area (Å²) in [5.41, 5.74) is 0.662. The van der Waals surface area contributed by atoms with Gasteiger partial charge in [0, 0.05) is 24.8 Å². The third-order valence-corrected chi connectivity index (χ3v) is 5.10. The van der Waals surface area contributed by atoms with Gasteiger partial charge in [-0.2, -0.15) is 5.26 Å². The van der Waals surface area contributed by atoms with Gasteiger partial charge in [-0.25, -0.2) is 0 Å². The number of amides is 1. The number of nitrogens with zero attached hydrogens (tertiary/aromatic N) is 2. The van der Waals surface area contributed by atoms with Gasteiger partial charge in [-0.3, -0.25) is 4.79 Å². The van der Waals surface area contributed by atoms with Crippen molar-refractivity contribution >= 4 is 21.8 Å². The van der Waals surface area contributed by atoms with Crippen molar-refractivity contribution in [1.82, 2.24) is 4.90 Å². The summed E-state index contributed by atoms with van der Waals surface area (Å²) in [5.74, 6) is 0.245. The molecule has 1 saturated heterocycles. The van der Waals surface area contributed by atoms with Gasteiger partial charge in [0.25, 0.3) is 0 Å². The lowest BCUT2D eigenvalue weighted by Crippen LogP contribution is -2.44. The molecule has 1 amide bonds. The van der Waals surface area contributed by atoms with Crippen LogP contribution in [-0.4, -0.2) is 29.2 Å². The first kappa shape index (κ1) is 17.0. The van der Waals surface area contributed by atoms with Gasteiger partial charge in [0.15, 0.2) is 0 Å². The van der Waals surface area contributed by atoms with Crippen LogP contribution in [0.1, 0.15) is 44.1 Å². The smallest absolute Gasteiger partial charge is 0.222 e. The van der Waals surface area contributed by atoms with E-state index >= 15 is 0 Å². The maximum absolute atomic E-state index is 12.2. The summed E-state index contributed by atoms with van der Waals surface area (Å²) in [6.45, 7) is 1.39. The number of nitriles is 1. The quantitative estimate of drug-likeness (QED) is 0.566. The molecule has 0 saturated carbocycles. The van der Waals surface area contributed by atoms with Crippen LogP contribution in [-0.2, 0) is 10.2 Å². The Morgan fingerprint density at radius 2 is 1.86 bits per heavy atom.